The van der Waals surface area contributed by atoms with Crippen LogP contribution in [0.3, 0.4) is 0 Å². The molecule has 18 heteroatoms. The lowest BCUT2D eigenvalue weighted by molar-refractivity contribution is -0.0467. The summed E-state index contributed by atoms with van der Waals surface area (Å²) in [5.41, 5.74) is -2.42. The van der Waals surface area contributed by atoms with Crippen LogP contribution in [0.15, 0.2) is 40.9 Å². The van der Waals surface area contributed by atoms with E-state index in [2.05, 4.69) is 60.9 Å². The second-order valence-electron chi connectivity index (χ2n) is 12.4. The third-order valence-corrected chi connectivity index (χ3v) is 8.49. The van der Waals surface area contributed by atoms with Crippen molar-refractivity contribution in [2.45, 2.75) is 76.5 Å². The first-order valence-corrected chi connectivity index (χ1v) is 16.2. The number of amides is 4. The van der Waals surface area contributed by atoms with Gasteiger partial charge >= 0.3 is 12.1 Å². The number of aliphatic hydroxyl groups excluding tert-OH is 1. The van der Waals surface area contributed by atoms with Gasteiger partial charge in [0.15, 0.2) is 11.1 Å². The van der Waals surface area contributed by atoms with Gasteiger partial charge in [0.25, 0.3) is 11.8 Å². The number of carbonyl (C=O) groups excluding carboxylic acids is 2. The van der Waals surface area contributed by atoms with Crippen LogP contribution in [0.4, 0.5) is 38.5 Å². The minimum Gasteiger partial charge on any atom is -0.392 e. The lowest BCUT2D eigenvalue weighted by atomic mass is 8.81. The zero-order valence-corrected chi connectivity index (χ0v) is 28.4. The summed E-state index contributed by atoms with van der Waals surface area (Å²) >= 11 is 3.28. The Morgan fingerprint density at radius 3 is 1.56 bits per heavy atom. The number of nitrogens with one attached hydrogen (secondary N) is 4. The van der Waals surface area contributed by atoms with E-state index >= 15 is 0 Å². The summed E-state index contributed by atoms with van der Waals surface area (Å²) in [6.07, 6.45) is 2.48. The third kappa shape index (κ3) is 9.50. The highest BCUT2D eigenvalue weighted by atomic mass is 79.9. The van der Waals surface area contributed by atoms with E-state index in [1.165, 1.54) is 12.1 Å². The van der Waals surface area contributed by atoms with Gasteiger partial charge in [-0.2, -0.15) is 0 Å². The molecule has 0 spiro atoms. The van der Waals surface area contributed by atoms with Gasteiger partial charge in [-0.05, 0) is 49.4 Å². The van der Waals surface area contributed by atoms with Crippen molar-refractivity contribution in [2.75, 3.05) is 10.6 Å². The van der Waals surface area contributed by atoms with Gasteiger partial charge in [-0.25, -0.2) is 27.2 Å². The van der Waals surface area contributed by atoms with Crippen LogP contribution in [-0.4, -0.2) is 72.7 Å². The molecular formula is C32H33B6BrF4N4O3. The second-order valence-corrected chi connectivity index (χ2v) is 13.3. The van der Waals surface area contributed by atoms with Gasteiger partial charge in [0.2, 0.25) is 0 Å². The van der Waals surface area contributed by atoms with E-state index in [0.717, 1.165) is 39.5 Å². The van der Waals surface area contributed by atoms with Gasteiger partial charge in [-0.1, -0.05) is 65.2 Å². The van der Waals surface area contributed by atoms with Crippen LogP contribution in [0.25, 0.3) is 0 Å². The predicted octanol–water partition coefficient (Wildman–Crippen LogP) is 4.78. The number of carbonyl (C=O) groups is 2. The number of fused-ring (bicyclic) bond motifs is 2. The molecule has 252 valence electrons. The normalized spacial score (nSPS) is 21.5. The van der Waals surface area contributed by atoms with Crippen LogP contribution in [-0.2, 0) is 17.7 Å². The number of hydrogen-bond acceptors (Lipinski definition) is 3. The third-order valence-electron chi connectivity index (χ3n) is 8.00. The minimum atomic E-state index is -3.26. The standard InChI is InChI=1S/C16H16F2N2O2.C15H13BrF2N2O.CH4.B6/c1-15(17,18)16(7-6-10-2-3-10)12-5-4-11(9-21)8-13(12)19-14(22)20-16;1-14(17,18)15(7-6-9-2-3-9)11-5-4-10(16)8-12(11)19-13(21)20-15;;1-5(2)6(3)4/h4-5,8,10,21H,2-3,9H2,1H3,(H2,19,20,22);4-5,8-9H,2-3H2,1H3,(H2,19,20,21);1H4;. The summed E-state index contributed by atoms with van der Waals surface area (Å²) in [7, 11) is 19.9. The van der Waals surface area contributed by atoms with E-state index in [1.54, 1.807) is 24.3 Å². The second kappa shape index (κ2) is 15.9. The molecule has 8 radical (unpaired) electrons. The van der Waals surface area contributed by atoms with E-state index in [-0.39, 0.29) is 42.7 Å². The van der Waals surface area contributed by atoms with Crippen molar-refractivity contribution in [3.63, 3.8) is 0 Å². The monoisotopic (exact) mass is 742 g/mol. The Labute approximate surface area is 305 Å². The first kappa shape index (κ1) is 41.1. The number of urea groups is 2. The number of anilines is 2. The number of benzene rings is 2. The lowest BCUT2D eigenvalue weighted by Gasteiger charge is -2.39. The minimum absolute atomic E-state index is 0. The molecule has 2 atom stereocenters. The van der Waals surface area contributed by atoms with Crippen molar-refractivity contribution >= 4 is 83.1 Å². The Morgan fingerprint density at radius 1 is 0.800 bits per heavy atom. The van der Waals surface area contributed by atoms with Crippen LogP contribution >= 0.6 is 15.9 Å². The summed E-state index contributed by atoms with van der Waals surface area (Å²) in [6.45, 7) is 1.30. The fourth-order valence-electron chi connectivity index (χ4n) is 4.83. The first-order chi connectivity index (χ1) is 22.8. The molecule has 2 aromatic carbocycles. The van der Waals surface area contributed by atoms with Gasteiger partial charge in [-0.3, -0.25) is 0 Å². The lowest BCUT2D eigenvalue weighted by Crippen LogP contribution is -2.59. The molecule has 2 saturated carbocycles. The Balaban J connectivity index is 0.000000229. The highest BCUT2D eigenvalue weighted by molar-refractivity contribution is 9.10. The molecule has 5 N–H and O–H groups in total. The van der Waals surface area contributed by atoms with E-state index in [4.69, 9.17) is 30.9 Å². The molecule has 2 unspecified atom stereocenters. The molecular weight excluding hydrogens is 709 g/mol. The van der Waals surface area contributed by atoms with Crippen LogP contribution in [0, 0.1) is 35.5 Å². The summed E-state index contributed by atoms with van der Waals surface area (Å²) in [4.78, 5) is 23.7. The van der Waals surface area contributed by atoms with Gasteiger partial charge < -0.3 is 26.4 Å². The largest absolute Gasteiger partial charge is 0.392 e. The molecule has 2 aromatic rings. The Bertz CT molecular complexity index is 1710. The average molecular weight is 742 g/mol. The van der Waals surface area contributed by atoms with Crippen molar-refractivity contribution in [1.82, 2.24) is 10.6 Å². The zero-order chi connectivity index (χ0) is 36.4. The summed E-state index contributed by atoms with van der Waals surface area (Å²) in [5, 5.41) is 18.9. The Kier molecular flexibility index (Phi) is 13.1. The molecule has 2 aliphatic carbocycles. The van der Waals surface area contributed by atoms with Crippen molar-refractivity contribution in [3.8, 4) is 23.7 Å². The summed E-state index contributed by atoms with van der Waals surface area (Å²) < 4.78 is 58.1. The fraction of sp³-hybridized carbons (Fsp3) is 0.438. The molecule has 7 nitrogen and oxygen atoms in total. The van der Waals surface area contributed by atoms with Gasteiger partial charge in [0, 0.05) is 90.7 Å². The van der Waals surface area contributed by atoms with Crippen LogP contribution in [0.5, 0.6) is 0 Å². The van der Waals surface area contributed by atoms with Crippen molar-refractivity contribution in [2.24, 2.45) is 11.8 Å². The zero-order valence-electron chi connectivity index (χ0n) is 26.8. The van der Waals surface area contributed by atoms with Crippen LogP contribution in [0.2, 0.25) is 0 Å². The van der Waals surface area contributed by atoms with E-state index in [1.807, 2.05) is 0 Å². The van der Waals surface area contributed by atoms with Crippen molar-refractivity contribution in [1.29, 1.82) is 0 Å². The highest BCUT2D eigenvalue weighted by Gasteiger charge is 2.56. The van der Waals surface area contributed by atoms with Crippen LogP contribution in [0.1, 0.15) is 63.6 Å². The summed E-state index contributed by atoms with van der Waals surface area (Å²) in [6, 6.07) is 7.95. The number of rotatable bonds is 4. The maximum absolute atomic E-state index is 14.4. The molecule has 50 heavy (non-hydrogen) atoms. The topological polar surface area (TPSA) is 102 Å². The van der Waals surface area contributed by atoms with Gasteiger partial charge in [0.05, 0.1) is 12.3 Å². The van der Waals surface area contributed by atoms with Gasteiger partial charge in [-0.15, -0.1) is 0 Å². The highest BCUT2D eigenvalue weighted by Crippen LogP contribution is 2.45. The maximum atomic E-state index is 14.4. The molecule has 2 heterocycles. The molecule has 4 aliphatic rings. The van der Waals surface area contributed by atoms with E-state index in [0.29, 0.717) is 15.7 Å². The molecule has 2 aliphatic heterocycles. The van der Waals surface area contributed by atoms with Crippen LogP contribution < -0.4 is 21.3 Å². The number of hydrogen-bond donors (Lipinski definition) is 5. The fourth-order valence-corrected chi connectivity index (χ4v) is 5.20. The quantitative estimate of drug-likeness (QED) is 0.177. The molecule has 0 bridgehead atoms. The summed E-state index contributed by atoms with van der Waals surface area (Å²) in [5.74, 6) is 4.81. The Hall–Kier alpha value is -3.35. The maximum Gasteiger partial charge on any atom is 0.320 e. The predicted molar refractivity (Wildman–Crippen MR) is 198 cm³/mol. The Morgan fingerprint density at radius 2 is 1.20 bits per heavy atom. The average Bonchev–Trinajstić information content (AvgIpc) is 3.93. The van der Waals surface area contributed by atoms with Gasteiger partial charge in [0.1, 0.15) is 0 Å². The number of alkyl halides is 4. The van der Waals surface area contributed by atoms with E-state index in [9.17, 15) is 32.3 Å². The number of halogens is 5. The number of aliphatic hydroxyl groups is 1. The van der Waals surface area contributed by atoms with E-state index < -0.39 is 47.8 Å². The molecule has 6 rings (SSSR count). The molecule has 4 amide bonds. The van der Waals surface area contributed by atoms with Crippen molar-refractivity contribution in [3.05, 3.63) is 57.6 Å². The first-order valence-electron chi connectivity index (χ1n) is 15.4. The SMILES string of the molecule is C.CC(F)(F)C1(C#CC2CC2)NC(=O)Nc2cc(Br)ccc21.CC(F)(F)C1(C#CC2CC2)NC(=O)Nc2cc(CO)ccc21.[B]B([B])B([B])[B]. The van der Waals surface area contributed by atoms with Crippen molar-refractivity contribution < 1.29 is 32.3 Å². The molecule has 0 aromatic heterocycles. The molecule has 0 saturated heterocycles. The smallest absolute Gasteiger partial charge is 0.320 e. The molecule has 2 fully saturated rings.